The first-order valence-electron chi connectivity index (χ1n) is 9.66. The number of benzene rings is 2. The van der Waals surface area contributed by atoms with E-state index in [9.17, 15) is 21.6 Å². The van der Waals surface area contributed by atoms with E-state index in [1.165, 1.54) is 30.6 Å². The van der Waals surface area contributed by atoms with Crippen LogP contribution in [0.1, 0.15) is 5.56 Å². The molecule has 12 heteroatoms. The molecule has 34 heavy (non-hydrogen) atoms. The first kappa shape index (κ1) is 23.0. The molecule has 2 aromatic heterocycles. The predicted octanol–water partition coefficient (Wildman–Crippen LogP) is 4.27. The summed E-state index contributed by atoms with van der Waals surface area (Å²) in [5.41, 5.74) is 5.95. The minimum Gasteiger partial charge on any atom is -0.435 e. The number of hydrogen-bond acceptors (Lipinski definition) is 7. The topological polar surface area (TPSA) is 120 Å². The van der Waals surface area contributed by atoms with Gasteiger partial charge in [0.05, 0.1) is 22.7 Å². The van der Waals surface area contributed by atoms with Crippen LogP contribution >= 0.6 is 0 Å². The maximum absolute atomic E-state index is 14.7. The fraction of sp³-hybridized carbons (Fsp3) is 0.0455. The molecule has 4 rings (SSSR count). The molecule has 0 fully saturated rings. The van der Waals surface area contributed by atoms with Gasteiger partial charge in [0, 0.05) is 12.4 Å². The van der Waals surface area contributed by atoms with Gasteiger partial charge in [-0.25, -0.2) is 32.2 Å². The lowest BCUT2D eigenvalue weighted by molar-refractivity contribution is 0.407. The van der Waals surface area contributed by atoms with Gasteiger partial charge in [-0.05, 0) is 48.0 Å². The number of aromatic nitrogens is 3. The van der Waals surface area contributed by atoms with Crippen molar-refractivity contribution in [1.29, 1.82) is 0 Å². The number of ether oxygens (including phenoxy) is 1. The van der Waals surface area contributed by atoms with Crippen molar-refractivity contribution in [2.75, 3.05) is 10.5 Å². The smallest absolute Gasteiger partial charge is 0.237 e. The Labute approximate surface area is 192 Å². The number of pyridine rings is 1. The Kier molecular flexibility index (Phi) is 6.32. The van der Waals surface area contributed by atoms with E-state index >= 15 is 0 Å². The molecule has 0 radical (unpaired) electrons. The molecule has 0 bridgehead atoms. The minimum absolute atomic E-state index is 0.00167. The number of nitrogens with one attached hydrogen (secondary N) is 1. The van der Waals surface area contributed by atoms with Crippen LogP contribution < -0.4 is 15.2 Å². The number of anilines is 2. The molecule has 4 aromatic rings. The summed E-state index contributed by atoms with van der Waals surface area (Å²) in [6, 6.07) is 11.5. The maximum atomic E-state index is 14.7. The van der Waals surface area contributed by atoms with E-state index in [4.69, 9.17) is 10.5 Å². The Morgan fingerprint density at radius 2 is 1.68 bits per heavy atom. The number of nitrogens with two attached hydrogens (primary N) is 1. The predicted molar refractivity (Wildman–Crippen MR) is 119 cm³/mol. The van der Waals surface area contributed by atoms with Crippen LogP contribution in [-0.4, -0.2) is 23.4 Å². The van der Waals surface area contributed by atoms with Crippen LogP contribution in [0.5, 0.6) is 11.6 Å². The highest BCUT2D eigenvalue weighted by Crippen LogP contribution is 2.34. The van der Waals surface area contributed by atoms with Crippen LogP contribution in [0.2, 0.25) is 0 Å². The summed E-state index contributed by atoms with van der Waals surface area (Å²) in [4.78, 5) is 11.9. The molecule has 0 aliphatic heterocycles. The van der Waals surface area contributed by atoms with Gasteiger partial charge in [-0.1, -0.05) is 12.1 Å². The first-order valence-corrected chi connectivity index (χ1v) is 11.3. The summed E-state index contributed by atoms with van der Waals surface area (Å²) in [6.07, 6.45) is 2.80. The van der Waals surface area contributed by atoms with Gasteiger partial charge in [0.2, 0.25) is 27.7 Å². The molecule has 0 spiro atoms. The molecule has 8 nitrogen and oxygen atoms in total. The molecule has 0 saturated carbocycles. The normalized spacial score (nSPS) is 11.3. The Balaban J connectivity index is 1.58. The highest BCUT2D eigenvalue weighted by molar-refractivity contribution is 7.91. The van der Waals surface area contributed by atoms with Gasteiger partial charge in [-0.15, -0.1) is 0 Å². The summed E-state index contributed by atoms with van der Waals surface area (Å²) in [5.74, 6) is -4.60. The molecule has 174 valence electrons. The largest absolute Gasteiger partial charge is 0.435 e. The van der Waals surface area contributed by atoms with Gasteiger partial charge >= 0.3 is 0 Å². The van der Waals surface area contributed by atoms with Crippen molar-refractivity contribution < 1.29 is 26.3 Å². The zero-order valence-electron chi connectivity index (χ0n) is 17.2. The van der Waals surface area contributed by atoms with Gasteiger partial charge in [0.25, 0.3) is 0 Å². The summed E-state index contributed by atoms with van der Waals surface area (Å²) in [7, 11) is -4.12. The highest BCUT2D eigenvalue weighted by atomic mass is 32.2. The Morgan fingerprint density at radius 3 is 2.41 bits per heavy atom. The van der Waals surface area contributed by atoms with E-state index in [-0.39, 0.29) is 17.4 Å². The van der Waals surface area contributed by atoms with E-state index in [1.807, 2.05) is 4.72 Å². The van der Waals surface area contributed by atoms with Gasteiger partial charge in [0.15, 0.2) is 11.6 Å². The lowest BCUT2D eigenvalue weighted by Gasteiger charge is -2.13. The first-order chi connectivity index (χ1) is 16.2. The van der Waals surface area contributed by atoms with Crippen molar-refractivity contribution in [3.05, 3.63) is 90.0 Å². The van der Waals surface area contributed by atoms with E-state index in [0.29, 0.717) is 11.3 Å². The summed E-state index contributed by atoms with van der Waals surface area (Å²) in [6.45, 7) is 0. The quantitative estimate of drug-likeness (QED) is 0.399. The second-order valence-corrected chi connectivity index (χ2v) is 8.71. The van der Waals surface area contributed by atoms with Gasteiger partial charge < -0.3 is 10.5 Å². The second kappa shape index (κ2) is 9.35. The fourth-order valence-corrected chi connectivity index (χ4v) is 4.18. The van der Waals surface area contributed by atoms with E-state index in [1.54, 1.807) is 12.1 Å². The van der Waals surface area contributed by atoms with Crippen LogP contribution in [0.3, 0.4) is 0 Å². The van der Waals surface area contributed by atoms with Crippen LogP contribution in [-0.2, 0) is 15.8 Å². The summed E-state index contributed by atoms with van der Waals surface area (Å²) in [5, 5.41) is 0. The molecule has 0 amide bonds. The van der Waals surface area contributed by atoms with E-state index < -0.39 is 44.7 Å². The molecule has 0 aliphatic carbocycles. The van der Waals surface area contributed by atoms with Gasteiger partial charge in [0.1, 0.15) is 5.82 Å². The van der Waals surface area contributed by atoms with Crippen molar-refractivity contribution in [2.45, 2.75) is 5.75 Å². The van der Waals surface area contributed by atoms with Gasteiger partial charge in [-0.2, -0.15) is 4.39 Å². The third-order valence-corrected chi connectivity index (χ3v) is 5.75. The molecule has 0 unspecified atom stereocenters. The van der Waals surface area contributed by atoms with Crippen molar-refractivity contribution in [2.24, 2.45) is 0 Å². The zero-order chi connectivity index (χ0) is 24.3. The molecule has 2 heterocycles. The Bertz CT molecular complexity index is 1450. The number of halogens is 3. The number of sulfonamides is 1. The van der Waals surface area contributed by atoms with Crippen molar-refractivity contribution in [1.82, 2.24) is 15.0 Å². The van der Waals surface area contributed by atoms with Crippen molar-refractivity contribution >= 4 is 21.7 Å². The Hall–Kier alpha value is -4.19. The monoisotopic (exact) mass is 487 g/mol. The van der Waals surface area contributed by atoms with Crippen molar-refractivity contribution in [3.8, 4) is 22.9 Å². The number of nitrogens with zero attached hydrogens (tertiary/aromatic N) is 3. The van der Waals surface area contributed by atoms with Crippen LogP contribution in [0, 0.1) is 17.5 Å². The molecule has 0 atom stereocenters. The van der Waals surface area contributed by atoms with Crippen LogP contribution in [0.4, 0.5) is 24.8 Å². The molecular weight excluding hydrogens is 471 g/mol. The lowest BCUT2D eigenvalue weighted by atomic mass is 10.2. The molecule has 0 aliphatic rings. The summed E-state index contributed by atoms with van der Waals surface area (Å²) >= 11 is 0. The molecule has 0 saturated heterocycles. The number of rotatable bonds is 7. The molecular formula is C22H16F3N5O3S. The SMILES string of the molecule is Nc1nccc(-c2cccnc2Oc2ccc(NS(=O)(=O)Cc3ccc(F)cc3)c(F)c2F)n1. The van der Waals surface area contributed by atoms with E-state index in [2.05, 4.69) is 15.0 Å². The molecule has 2 aromatic carbocycles. The number of hydrogen-bond donors (Lipinski definition) is 2. The third kappa shape index (κ3) is 5.23. The van der Waals surface area contributed by atoms with Crippen LogP contribution in [0.25, 0.3) is 11.3 Å². The second-order valence-electron chi connectivity index (χ2n) is 6.99. The van der Waals surface area contributed by atoms with E-state index in [0.717, 1.165) is 24.3 Å². The fourth-order valence-electron chi connectivity index (χ4n) is 2.99. The number of nitrogen functional groups attached to an aromatic ring is 1. The summed E-state index contributed by atoms with van der Waals surface area (Å²) < 4.78 is 74.6. The third-order valence-electron chi connectivity index (χ3n) is 4.51. The average molecular weight is 487 g/mol. The maximum Gasteiger partial charge on any atom is 0.237 e. The lowest BCUT2D eigenvalue weighted by Crippen LogP contribution is -2.16. The molecule has 3 N–H and O–H groups in total. The average Bonchev–Trinajstić information content (AvgIpc) is 2.80. The standard InChI is InChI=1S/C22H16F3N5O3S/c23-14-5-3-13(4-6-14)12-34(31,32)30-17-7-8-18(20(25)19(17)24)33-21-15(2-1-10-27-21)16-9-11-28-22(26)29-16/h1-11,30H,12H2,(H2,26,28,29). The van der Waals surface area contributed by atoms with Crippen molar-refractivity contribution in [3.63, 3.8) is 0 Å². The zero-order valence-corrected chi connectivity index (χ0v) is 18.1. The minimum atomic E-state index is -4.12. The van der Waals surface area contributed by atoms with Gasteiger partial charge in [-0.3, -0.25) is 4.72 Å². The Morgan fingerprint density at radius 1 is 0.912 bits per heavy atom. The van der Waals surface area contributed by atoms with Crippen LogP contribution in [0.15, 0.2) is 67.0 Å². The highest BCUT2D eigenvalue weighted by Gasteiger charge is 2.21.